The fourth-order valence-electron chi connectivity index (χ4n) is 9.07. The molecule has 4 saturated carbocycles. The third-order valence-corrected chi connectivity index (χ3v) is 12.3. The van der Waals surface area contributed by atoms with Gasteiger partial charge < -0.3 is 25.2 Å². The summed E-state index contributed by atoms with van der Waals surface area (Å²) in [5.74, 6) is -7.88. The largest absolute Gasteiger partial charge is 0.481 e. The summed E-state index contributed by atoms with van der Waals surface area (Å²) in [5.41, 5.74) is 0. The first-order valence-corrected chi connectivity index (χ1v) is 19.9. The second-order valence-corrected chi connectivity index (χ2v) is 15.9. The number of nitrogens with zero attached hydrogens (tertiary/aromatic N) is 5. The first-order chi connectivity index (χ1) is 26.0. The van der Waals surface area contributed by atoms with Gasteiger partial charge in [0.15, 0.2) is 0 Å². The van der Waals surface area contributed by atoms with Crippen LogP contribution in [0.25, 0.3) is 0 Å². The molecule has 0 radical (unpaired) electrons. The molecule has 6 fully saturated rings. The molecule has 0 aromatic heterocycles. The number of aliphatic carboxylic acids is 4. The van der Waals surface area contributed by atoms with Crippen LogP contribution in [-0.4, -0.2) is 131 Å². The number of azo groups is 2. The molecular weight excluding hydrogens is 704 g/mol. The Bertz CT molecular complexity index is 1260. The molecule has 54 heavy (non-hydrogen) atoms. The monoisotopic (exact) mass is 762 g/mol. The molecule has 0 amide bonds. The average Bonchev–Trinajstić information content (AvgIpc) is 3.17. The molecule has 9 N–H and O–H groups in total. The van der Waals surface area contributed by atoms with Crippen LogP contribution in [0.3, 0.4) is 0 Å². The van der Waals surface area contributed by atoms with E-state index in [9.17, 15) is 39.6 Å². The van der Waals surface area contributed by atoms with Crippen LogP contribution in [0.4, 0.5) is 0 Å². The van der Waals surface area contributed by atoms with Crippen molar-refractivity contribution in [1.82, 2.24) is 31.5 Å². The number of rotatable bonds is 13. The molecule has 0 bridgehead atoms. The molecule has 2 aliphatic heterocycles. The van der Waals surface area contributed by atoms with E-state index in [1.807, 2.05) is 0 Å². The van der Waals surface area contributed by atoms with Crippen molar-refractivity contribution in [1.29, 1.82) is 0 Å². The number of ether oxygens (including phenoxy) is 1. The van der Waals surface area contributed by atoms with Crippen molar-refractivity contribution in [2.45, 2.75) is 145 Å². The fourth-order valence-corrected chi connectivity index (χ4v) is 9.07. The highest BCUT2D eigenvalue weighted by Gasteiger charge is 2.41. The Labute approximate surface area is 314 Å². The van der Waals surface area contributed by atoms with E-state index in [1.54, 1.807) is 0 Å². The minimum atomic E-state index is -1.08. The van der Waals surface area contributed by atoms with Gasteiger partial charge in [-0.2, -0.15) is 20.5 Å². The van der Waals surface area contributed by atoms with E-state index in [0.29, 0.717) is 38.9 Å². The van der Waals surface area contributed by atoms with Gasteiger partial charge in [-0.05, 0) is 89.9 Å². The average molecular weight is 763 g/mol. The number of nitrogens with one attached hydrogen (secondary N) is 5. The quantitative estimate of drug-likeness (QED) is 0.121. The van der Waals surface area contributed by atoms with Crippen molar-refractivity contribution >= 4 is 23.9 Å². The van der Waals surface area contributed by atoms with Gasteiger partial charge in [-0.15, -0.1) is 0 Å². The van der Waals surface area contributed by atoms with E-state index in [-0.39, 0.29) is 68.0 Å². The number of hydrogen-bond acceptors (Lipinski definition) is 15. The van der Waals surface area contributed by atoms with Crippen LogP contribution in [0.5, 0.6) is 0 Å². The van der Waals surface area contributed by atoms with Crippen LogP contribution < -0.4 is 26.6 Å². The topological polar surface area (TPSA) is 271 Å². The molecule has 0 aromatic carbocycles. The number of morpholine rings is 1. The molecule has 2 heterocycles. The van der Waals surface area contributed by atoms with Crippen molar-refractivity contribution < 1.29 is 44.3 Å². The summed E-state index contributed by atoms with van der Waals surface area (Å²) >= 11 is 0. The summed E-state index contributed by atoms with van der Waals surface area (Å²) in [6.45, 7) is 2.98. The molecule has 4 aliphatic carbocycles. The van der Waals surface area contributed by atoms with E-state index in [2.05, 4.69) is 51.9 Å². The molecule has 2 saturated heterocycles. The number of carboxylic acid groups (broad SMARTS) is 4. The van der Waals surface area contributed by atoms with Gasteiger partial charge in [0.1, 0.15) is 18.9 Å². The summed E-state index contributed by atoms with van der Waals surface area (Å²) in [7, 11) is 0. The number of carboxylic acids is 4. The first-order valence-electron chi connectivity index (χ1n) is 19.9. The Morgan fingerprint density at radius 1 is 0.500 bits per heavy atom. The SMILES string of the molecule is O=C(O)C1CCC(N=NC2CCC(NC3NC(NC4CCC(N=NC5CCC(C(=O)O)C(C(=O)O)C5)CC4)NC(N4CCOCC4)N3)CC2)CC1C(=O)O. The van der Waals surface area contributed by atoms with Crippen LogP contribution in [0.15, 0.2) is 20.5 Å². The molecule has 302 valence electrons. The van der Waals surface area contributed by atoms with Gasteiger partial charge >= 0.3 is 23.9 Å². The van der Waals surface area contributed by atoms with Gasteiger partial charge in [-0.3, -0.25) is 50.7 Å². The highest BCUT2D eigenvalue weighted by atomic mass is 16.5. The summed E-state index contributed by atoms with van der Waals surface area (Å²) in [6.07, 6.45) is 8.79. The predicted molar refractivity (Wildman–Crippen MR) is 191 cm³/mol. The molecule has 6 aliphatic rings. The Hall–Kier alpha value is -3.20. The maximum absolute atomic E-state index is 11.7. The zero-order chi connectivity index (χ0) is 38.2. The maximum atomic E-state index is 11.7. The highest BCUT2D eigenvalue weighted by Crippen LogP contribution is 2.35. The smallest absolute Gasteiger partial charge is 0.307 e. The van der Waals surface area contributed by atoms with Gasteiger partial charge in [0.05, 0.1) is 61.1 Å². The van der Waals surface area contributed by atoms with Crippen molar-refractivity contribution in [3.05, 3.63) is 0 Å². The van der Waals surface area contributed by atoms with Gasteiger partial charge in [-0.1, -0.05) is 0 Å². The van der Waals surface area contributed by atoms with E-state index >= 15 is 0 Å². The van der Waals surface area contributed by atoms with Crippen molar-refractivity contribution in [2.24, 2.45) is 44.1 Å². The maximum Gasteiger partial charge on any atom is 0.307 e. The molecule has 8 atom stereocenters. The van der Waals surface area contributed by atoms with Gasteiger partial charge in [0.2, 0.25) is 0 Å². The molecule has 19 heteroatoms. The lowest BCUT2D eigenvalue weighted by atomic mass is 9.77. The van der Waals surface area contributed by atoms with Crippen molar-refractivity contribution in [2.75, 3.05) is 26.3 Å². The minimum absolute atomic E-state index is 0.0660. The van der Waals surface area contributed by atoms with Crippen molar-refractivity contribution in [3.8, 4) is 0 Å². The molecule has 0 spiro atoms. The van der Waals surface area contributed by atoms with Crippen LogP contribution in [0.2, 0.25) is 0 Å². The summed E-state index contributed by atoms with van der Waals surface area (Å²) < 4.78 is 5.61. The lowest BCUT2D eigenvalue weighted by molar-refractivity contribution is -0.155. The predicted octanol–water partition coefficient (Wildman–Crippen LogP) is 1.57. The lowest BCUT2D eigenvalue weighted by Crippen LogP contribution is -2.79. The second-order valence-electron chi connectivity index (χ2n) is 15.9. The van der Waals surface area contributed by atoms with E-state index < -0.39 is 47.5 Å². The Morgan fingerprint density at radius 3 is 1.26 bits per heavy atom. The lowest BCUT2D eigenvalue weighted by Gasteiger charge is -2.47. The third-order valence-electron chi connectivity index (χ3n) is 12.3. The molecular formula is C35H58N10O9. The molecule has 6 rings (SSSR count). The Morgan fingerprint density at radius 2 is 0.870 bits per heavy atom. The summed E-state index contributed by atoms with van der Waals surface area (Å²) in [6, 6.07) is 0.143. The summed E-state index contributed by atoms with van der Waals surface area (Å²) in [5, 5.41) is 74.7. The number of carbonyl (C=O) groups is 4. The van der Waals surface area contributed by atoms with Gasteiger partial charge in [0, 0.05) is 25.2 Å². The van der Waals surface area contributed by atoms with Crippen LogP contribution in [-0.2, 0) is 23.9 Å². The minimum Gasteiger partial charge on any atom is -0.481 e. The third kappa shape index (κ3) is 11.0. The number of hydrogen-bond donors (Lipinski definition) is 9. The molecule has 0 aromatic rings. The van der Waals surface area contributed by atoms with Crippen LogP contribution >= 0.6 is 0 Å². The van der Waals surface area contributed by atoms with Gasteiger partial charge in [0.25, 0.3) is 0 Å². The zero-order valence-electron chi connectivity index (χ0n) is 30.8. The zero-order valence-corrected chi connectivity index (χ0v) is 30.8. The molecule has 8 unspecified atom stereocenters. The highest BCUT2D eigenvalue weighted by molar-refractivity contribution is 5.81. The second kappa shape index (κ2) is 19.1. The van der Waals surface area contributed by atoms with Crippen LogP contribution in [0.1, 0.15) is 89.9 Å². The van der Waals surface area contributed by atoms with Crippen LogP contribution in [0, 0.1) is 23.7 Å². The standard InChI is InChI=1S/C35H58N10O9/c46-29(47)25-11-9-23(17-27(25)31(50)51)43-41-21-5-1-19(2-6-21)36-33-38-34(40-35(39-33)45-13-15-54-16-14-45)37-20-3-7-22(8-4-20)42-44-24-10-12-26(30(48)49)28(18-24)32(52)53/h19-28,33-40H,1-18H2,(H,46,47)(H,48,49)(H,50,51)(H,52,53). The molecule has 19 nitrogen and oxygen atoms in total. The van der Waals surface area contributed by atoms with Gasteiger partial charge in [-0.25, -0.2) is 0 Å². The van der Waals surface area contributed by atoms with E-state index in [0.717, 1.165) is 64.5 Å². The Balaban J connectivity index is 0.958. The van der Waals surface area contributed by atoms with E-state index in [1.165, 1.54) is 0 Å². The normalized spacial score (nSPS) is 40.0. The van der Waals surface area contributed by atoms with E-state index in [4.69, 9.17) is 4.74 Å². The van der Waals surface area contributed by atoms with Crippen molar-refractivity contribution in [3.63, 3.8) is 0 Å². The Kier molecular flexibility index (Phi) is 14.3. The summed E-state index contributed by atoms with van der Waals surface area (Å²) in [4.78, 5) is 48.7. The fraction of sp³-hybridized carbons (Fsp3) is 0.886. The first kappa shape index (κ1) is 40.5.